The third-order valence-corrected chi connectivity index (χ3v) is 4.41. The molecular weight excluding hydrogens is 304 g/mol. The Labute approximate surface area is 142 Å². The smallest absolute Gasteiger partial charge is 0.254 e. The molecule has 5 heteroatoms. The molecule has 0 spiro atoms. The third kappa shape index (κ3) is 3.36. The molecule has 24 heavy (non-hydrogen) atoms. The summed E-state index contributed by atoms with van der Waals surface area (Å²) in [6.07, 6.45) is 3.13. The number of aromatic nitrogens is 1. The molecule has 5 nitrogen and oxygen atoms in total. The van der Waals surface area contributed by atoms with Gasteiger partial charge in [-0.05, 0) is 43.5 Å². The minimum Gasteiger partial charge on any atom is -0.497 e. The molecule has 1 aromatic carbocycles. The molecule has 0 unspecified atom stereocenters. The summed E-state index contributed by atoms with van der Waals surface area (Å²) in [5.41, 5.74) is 2.48. The monoisotopic (exact) mass is 328 g/mol. The van der Waals surface area contributed by atoms with Crippen LogP contribution in [-0.2, 0) is 0 Å². The molecule has 1 fully saturated rings. The van der Waals surface area contributed by atoms with E-state index >= 15 is 0 Å². The molecule has 1 aliphatic rings. The van der Waals surface area contributed by atoms with Gasteiger partial charge >= 0.3 is 0 Å². The van der Waals surface area contributed by atoms with Crippen LogP contribution in [-0.4, -0.2) is 47.7 Å². The van der Waals surface area contributed by atoms with Crippen molar-refractivity contribution >= 4 is 16.8 Å². The van der Waals surface area contributed by atoms with Crippen LogP contribution in [0.5, 0.6) is 5.75 Å². The SMILES string of the molecule is CCCN(CCO)C(=O)c1cc(C2CC2)nc2ccc(OC)cc12. The van der Waals surface area contributed by atoms with E-state index in [9.17, 15) is 9.90 Å². The molecule has 1 aromatic heterocycles. The Kier molecular flexibility index (Phi) is 5.00. The molecule has 0 bridgehead atoms. The number of carbonyl (C=O) groups is 1. The molecule has 128 valence electrons. The van der Waals surface area contributed by atoms with Gasteiger partial charge in [-0.1, -0.05) is 6.92 Å². The van der Waals surface area contributed by atoms with Crippen LogP contribution in [0.15, 0.2) is 24.3 Å². The summed E-state index contributed by atoms with van der Waals surface area (Å²) in [6, 6.07) is 7.59. The highest BCUT2D eigenvalue weighted by atomic mass is 16.5. The van der Waals surface area contributed by atoms with E-state index in [1.807, 2.05) is 31.2 Å². The van der Waals surface area contributed by atoms with E-state index in [2.05, 4.69) is 0 Å². The van der Waals surface area contributed by atoms with Crippen LogP contribution in [0, 0.1) is 0 Å². The molecule has 0 aliphatic heterocycles. The average molecular weight is 328 g/mol. The van der Waals surface area contributed by atoms with Crippen LogP contribution in [0.3, 0.4) is 0 Å². The summed E-state index contributed by atoms with van der Waals surface area (Å²) >= 11 is 0. The average Bonchev–Trinajstić information content (AvgIpc) is 3.44. The predicted molar refractivity (Wildman–Crippen MR) is 93.6 cm³/mol. The Hall–Kier alpha value is -2.14. The summed E-state index contributed by atoms with van der Waals surface area (Å²) in [4.78, 5) is 19.5. The number of ether oxygens (including phenoxy) is 1. The molecule has 0 radical (unpaired) electrons. The topological polar surface area (TPSA) is 62.7 Å². The highest BCUT2D eigenvalue weighted by Gasteiger charge is 2.28. The second kappa shape index (κ2) is 7.18. The lowest BCUT2D eigenvalue weighted by atomic mass is 10.0. The van der Waals surface area contributed by atoms with Gasteiger partial charge in [0.05, 0.1) is 24.8 Å². The molecule has 0 saturated heterocycles. The summed E-state index contributed by atoms with van der Waals surface area (Å²) in [6.45, 7) is 2.97. The van der Waals surface area contributed by atoms with Gasteiger partial charge in [0.2, 0.25) is 0 Å². The van der Waals surface area contributed by atoms with E-state index in [4.69, 9.17) is 9.72 Å². The van der Waals surface area contributed by atoms with Gasteiger partial charge in [-0.25, -0.2) is 0 Å². The maximum Gasteiger partial charge on any atom is 0.254 e. The minimum atomic E-state index is -0.0477. The zero-order valence-electron chi connectivity index (χ0n) is 14.3. The fourth-order valence-electron chi connectivity index (χ4n) is 2.99. The van der Waals surface area contributed by atoms with Crippen LogP contribution in [0.25, 0.3) is 10.9 Å². The zero-order chi connectivity index (χ0) is 17.1. The second-order valence-electron chi connectivity index (χ2n) is 6.27. The number of carbonyl (C=O) groups excluding carboxylic acids is 1. The van der Waals surface area contributed by atoms with Gasteiger partial charge in [0, 0.05) is 30.1 Å². The number of hydrogen-bond donors (Lipinski definition) is 1. The third-order valence-electron chi connectivity index (χ3n) is 4.41. The number of aliphatic hydroxyl groups is 1. The minimum absolute atomic E-state index is 0.0342. The maximum absolute atomic E-state index is 13.1. The highest BCUT2D eigenvalue weighted by molar-refractivity contribution is 6.06. The van der Waals surface area contributed by atoms with Crippen molar-refractivity contribution in [2.75, 3.05) is 26.8 Å². The highest BCUT2D eigenvalue weighted by Crippen LogP contribution is 2.40. The largest absolute Gasteiger partial charge is 0.497 e. The first-order chi connectivity index (χ1) is 11.7. The van der Waals surface area contributed by atoms with Gasteiger partial charge in [0.25, 0.3) is 5.91 Å². The maximum atomic E-state index is 13.1. The van der Waals surface area contributed by atoms with Crippen molar-refractivity contribution in [2.45, 2.75) is 32.1 Å². The van der Waals surface area contributed by atoms with Crippen molar-refractivity contribution in [3.8, 4) is 5.75 Å². The Morgan fingerprint density at radius 2 is 2.12 bits per heavy atom. The Balaban J connectivity index is 2.10. The van der Waals surface area contributed by atoms with Crippen LogP contribution in [0.4, 0.5) is 0 Å². The number of fused-ring (bicyclic) bond motifs is 1. The zero-order valence-corrected chi connectivity index (χ0v) is 14.3. The van der Waals surface area contributed by atoms with Crippen molar-refractivity contribution in [1.82, 2.24) is 9.88 Å². The van der Waals surface area contributed by atoms with Crippen LogP contribution in [0.2, 0.25) is 0 Å². The normalized spacial score (nSPS) is 14.0. The first-order valence-electron chi connectivity index (χ1n) is 8.56. The lowest BCUT2D eigenvalue weighted by Crippen LogP contribution is -2.34. The van der Waals surface area contributed by atoms with Crippen molar-refractivity contribution in [3.63, 3.8) is 0 Å². The van der Waals surface area contributed by atoms with Crippen LogP contribution in [0.1, 0.15) is 48.2 Å². The summed E-state index contributed by atoms with van der Waals surface area (Å²) in [5, 5.41) is 10.1. The molecule has 1 aliphatic carbocycles. The molecule has 2 aromatic rings. The molecular formula is C19H24N2O3. The van der Waals surface area contributed by atoms with Crippen LogP contribution >= 0.6 is 0 Å². The van der Waals surface area contributed by atoms with Gasteiger partial charge in [-0.2, -0.15) is 0 Å². The van der Waals surface area contributed by atoms with Crippen molar-refractivity contribution in [3.05, 3.63) is 35.5 Å². The summed E-state index contributed by atoms with van der Waals surface area (Å²) in [5.74, 6) is 1.13. The van der Waals surface area contributed by atoms with E-state index in [1.165, 1.54) is 0 Å². The van der Waals surface area contributed by atoms with E-state index in [1.54, 1.807) is 12.0 Å². The van der Waals surface area contributed by atoms with Crippen molar-refractivity contribution in [2.24, 2.45) is 0 Å². The molecule has 1 heterocycles. The Morgan fingerprint density at radius 1 is 1.33 bits per heavy atom. The van der Waals surface area contributed by atoms with Gasteiger partial charge in [0.15, 0.2) is 0 Å². The number of nitrogens with zero attached hydrogens (tertiary/aromatic N) is 2. The lowest BCUT2D eigenvalue weighted by molar-refractivity contribution is 0.0724. The fourth-order valence-corrected chi connectivity index (χ4v) is 2.99. The number of aliphatic hydroxyl groups excluding tert-OH is 1. The first-order valence-corrected chi connectivity index (χ1v) is 8.56. The number of methoxy groups -OCH3 is 1. The van der Waals surface area contributed by atoms with E-state index in [-0.39, 0.29) is 12.5 Å². The Morgan fingerprint density at radius 3 is 2.75 bits per heavy atom. The van der Waals surface area contributed by atoms with E-state index in [0.717, 1.165) is 35.9 Å². The van der Waals surface area contributed by atoms with Gasteiger partial charge in [-0.3, -0.25) is 9.78 Å². The summed E-state index contributed by atoms with van der Waals surface area (Å²) in [7, 11) is 1.61. The number of pyridine rings is 1. The number of benzene rings is 1. The quantitative estimate of drug-likeness (QED) is 0.849. The molecule has 1 N–H and O–H groups in total. The second-order valence-corrected chi connectivity index (χ2v) is 6.27. The summed E-state index contributed by atoms with van der Waals surface area (Å²) < 4.78 is 5.31. The number of hydrogen-bond acceptors (Lipinski definition) is 4. The van der Waals surface area contributed by atoms with Crippen molar-refractivity contribution < 1.29 is 14.6 Å². The standard InChI is InChI=1S/C19H24N2O3/c1-3-8-21(9-10-22)19(23)16-12-18(13-4-5-13)20-17-7-6-14(24-2)11-15(16)17/h6-7,11-13,22H,3-5,8-10H2,1-2H3. The molecule has 0 atom stereocenters. The number of amides is 1. The van der Waals surface area contributed by atoms with Crippen LogP contribution < -0.4 is 4.74 Å². The lowest BCUT2D eigenvalue weighted by Gasteiger charge is -2.22. The predicted octanol–water partition coefficient (Wildman–Crippen LogP) is 2.97. The fraction of sp³-hybridized carbons (Fsp3) is 0.474. The molecule has 1 saturated carbocycles. The van der Waals surface area contributed by atoms with Crippen molar-refractivity contribution in [1.29, 1.82) is 0 Å². The Bertz CT molecular complexity index is 735. The van der Waals surface area contributed by atoms with Gasteiger partial charge in [0.1, 0.15) is 5.75 Å². The number of rotatable bonds is 7. The molecule has 1 amide bonds. The van der Waals surface area contributed by atoms with E-state index < -0.39 is 0 Å². The molecule has 3 rings (SSSR count). The van der Waals surface area contributed by atoms with E-state index in [0.29, 0.717) is 30.3 Å². The van der Waals surface area contributed by atoms with Gasteiger partial charge in [-0.15, -0.1) is 0 Å². The first kappa shape index (κ1) is 16.7. The van der Waals surface area contributed by atoms with Gasteiger partial charge < -0.3 is 14.7 Å².